The van der Waals surface area contributed by atoms with Crippen LogP contribution in [0.1, 0.15) is 21.5 Å². The highest BCUT2D eigenvalue weighted by molar-refractivity contribution is 7.93. The summed E-state index contributed by atoms with van der Waals surface area (Å²) in [5, 5.41) is 2.28. The number of thiophene rings is 2. The Morgan fingerprint density at radius 2 is 0.983 bits per heavy atom. The van der Waals surface area contributed by atoms with Crippen molar-refractivity contribution in [1.29, 1.82) is 0 Å². The minimum Gasteiger partial charge on any atom is -0.298 e. The summed E-state index contributed by atoms with van der Waals surface area (Å²) in [6, 6.07) is 38.9. The number of carbonyl (C=O) groups excluding carboxylic acids is 1. The van der Waals surface area contributed by atoms with Gasteiger partial charge in [-0.1, -0.05) is 84.9 Å². The van der Waals surface area contributed by atoms with Gasteiger partial charge in [0.05, 0.1) is 28.4 Å². The molecule has 0 aliphatic heterocycles. The maximum absolute atomic E-state index is 13.8. The second kappa shape index (κ2) is 16.9. The molecule has 7 nitrogen and oxygen atoms in total. The van der Waals surface area contributed by atoms with Crippen molar-refractivity contribution in [2.75, 3.05) is 8.61 Å². The van der Waals surface area contributed by atoms with Crippen LogP contribution in [0.5, 0.6) is 0 Å². The lowest BCUT2D eigenvalue weighted by Crippen LogP contribution is -2.30. The largest absolute Gasteiger partial charge is 0.298 e. The van der Waals surface area contributed by atoms with Gasteiger partial charge in [0, 0.05) is 14.8 Å². The maximum atomic E-state index is 13.8. The summed E-state index contributed by atoms with van der Waals surface area (Å²) in [6.45, 7) is -0.372. The van der Waals surface area contributed by atoms with Gasteiger partial charge in [0.1, 0.15) is 10.0 Å². The molecule has 294 valence electrons. The Morgan fingerprint density at radius 3 is 1.52 bits per heavy atom. The zero-order valence-electron chi connectivity index (χ0n) is 30.0. The number of fused-ring (bicyclic) bond motifs is 2. The van der Waals surface area contributed by atoms with Crippen molar-refractivity contribution in [3.63, 3.8) is 0 Å². The molecule has 0 saturated heterocycles. The third kappa shape index (κ3) is 8.38. The van der Waals surface area contributed by atoms with Gasteiger partial charge < -0.3 is 0 Å². The van der Waals surface area contributed by atoms with Crippen molar-refractivity contribution >= 4 is 79.2 Å². The van der Waals surface area contributed by atoms with E-state index in [4.69, 9.17) is 0 Å². The molecule has 0 fully saturated rings. The quantitative estimate of drug-likeness (QED) is 0.0954. The summed E-state index contributed by atoms with van der Waals surface area (Å²) in [5.74, 6) is -4.07. The van der Waals surface area contributed by atoms with Crippen LogP contribution in [-0.2, 0) is 33.1 Å². The highest BCUT2D eigenvalue weighted by Crippen LogP contribution is 2.41. The van der Waals surface area contributed by atoms with Crippen molar-refractivity contribution in [2.24, 2.45) is 0 Å². The van der Waals surface area contributed by atoms with Gasteiger partial charge in [-0.05, 0) is 83.2 Å². The first-order chi connectivity index (χ1) is 27.9. The molecule has 15 heteroatoms. The molecule has 8 aromatic rings. The molecule has 2 heterocycles. The van der Waals surface area contributed by atoms with Crippen molar-refractivity contribution in [1.82, 2.24) is 0 Å². The third-order valence-electron chi connectivity index (χ3n) is 8.90. The van der Waals surface area contributed by atoms with E-state index >= 15 is 0 Å². The molecule has 0 aliphatic carbocycles. The number of sulfonamides is 2. The van der Waals surface area contributed by atoms with Crippen LogP contribution in [-0.4, -0.2) is 23.1 Å². The molecule has 8 rings (SSSR count). The van der Waals surface area contributed by atoms with E-state index in [1.54, 1.807) is 66.7 Å². The van der Waals surface area contributed by atoms with Crippen LogP contribution >= 0.6 is 22.7 Å². The fraction of sp³-hybridized carbons (Fsp3) is 0.0465. The van der Waals surface area contributed by atoms with Gasteiger partial charge in [0.15, 0.2) is 29.6 Å². The summed E-state index contributed by atoms with van der Waals surface area (Å²) >= 11 is 2.48. The van der Waals surface area contributed by atoms with Crippen LogP contribution in [0.3, 0.4) is 0 Å². The van der Waals surface area contributed by atoms with Crippen LogP contribution in [0.2, 0.25) is 0 Å². The predicted molar refractivity (Wildman–Crippen MR) is 221 cm³/mol. The smallest absolute Gasteiger partial charge is 0.265 e. The standard InChI is InChI=1S/C22H15F2NO3S2.C21H15F2NO2S2/c23-19-11-10-15(12-20(19)24)13-25(30(27,28)16-6-2-1-3-7-16)22-18(14-26)17-8-4-5-9-21(17)29-22;22-18-11-10-15(12-19(18)23)14-24(28(25,26)17-7-2-1-3-8-17)21-13-16-6-4-5-9-20(16)27-21/h1-12,14H,13H2;1-13H,14H2. The Morgan fingerprint density at radius 1 is 0.500 bits per heavy atom. The molecular weight excluding hydrogens is 829 g/mol. The Kier molecular flexibility index (Phi) is 11.8. The predicted octanol–water partition coefficient (Wildman–Crippen LogP) is 11.0. The SMILES string of the molecule is O=Cc1c(N(Cc2ccc(F)c(F)c2)S(=O)(=O)c2ccccc2)sc2ccccc12.O=S(=O)(c1ccccc1)N(Cc1ccc(F)c(F)c1)c1cc2ccccc2s1. The zero-order valence-corrected chi connectivity index (χ0v) is 33.3. The first-order valence-electron chi connectivity index (χ1n) is 17.4. The van der Waals surface area contributed by atoms with Gasteiger partial charge in [0.2, 0.25) is 0 Å². The second-order valence-electron chi connectivity index (χ2n) is 12.7. The number of aldehydes is 1. The summed E-state index contributed by atoms with van der Waals surface area (Å²) in [7, 11) is -7.98. The van der Waals surface area contributed by atoms with Crippen LogP contribution in [0.15, 0.2) is 161 Å². The molecule has 0 unspecified atom stereocenters. The molecule has 0 radical (unpaired) electrons. The van der Waals surface area contributed by atoms with E-state index in [-0.39, 0.29) is 39.0 Å². The minimum atomic E-state index is -4.09. The number of hydrogen-bond donors (Lipinski definition) is 0. The first kappa shape index (κ1) is 40.3. The van der Waals surface area contributed by atoms with Crippen molar-refractivity contribution in [3.05, 3.63) is 192 Å². The Labute approximate surface area is 339 Å². The highest BCUT2D eigenvalue weighted by Gasteiger charge is 2.30. The topological polar surface area (TPSA) is 91.8 Å². The molecule has 6 aromatic carbocycles. The maximum Gasteiger partial charge on any atom is 0.265 e. The average molecular weight is 859 g/mol. The molecule has 0 atom stereocenters. The lowest BCUT2D eigenvalue weighted by molar-refractivity contribution is 0.112. The highest BCUT2D eigenvalue weighted by atomic mass is 32.2. The Bertz CT molecular complexity index is 2950. The summed E-state index contributed by atoms with van der Waals surface area (Å²) < 4.78 is 112. The minimum absolute atomic E-state index is 0.0295. The number of benzene rings is 6. The van der Waals surface area contributed by atoms with Gasteiger partial charge >= 0.3 is 0 Å². The fourth-order valence-electron chi connectivity index (χ4n) is 6.04. The van der Waals surface area contributed by atoms with E-state index in [1.165, 1.54) is 52.0 Å². The van der Waals surface area contributed by atoms with Crippen molar-refractivity contribution < 1.29 is 39.2 Å². The number of hydrogen-bond acceptors (Lipinski definition) is 7. The lowest BCUT2D eigenvalue weighted by atomic mass is 10.2. The number of nitrogens with zero attached hydrogens (tertiary/aromatic N) is 2. The second-order valence-corrected chi connectivity index (χ2v) is 18.5. The molecule has 0 saturated carbocycles. The number of halogens is 4. The van der Waals surface area contributed by atoms with E-state index in [0.29, 0.717) is 22.2 Å². The average Bonchev–Trinajstić information content (AvgIpc) is 3.84. The number of rotatable bonds is 11. The van der Waals surface area contributed by atoms with Gasteiger partial charge in [-0.2, -0.15) is 0 Å². The van der Waals surface area contributed by atoms with Gasteiger partial charge in [0.25, 0.3) is 20.0 Å². The van der Waals surface area contributed by atoms with Gasteiger partial charge in [-0.15, -0.1) is 22.7 Å². The molecule has 2 aromatic heterocycles. The summed E-state index contributed by atoms with van der Waals surface area (Å²) in [4.78, 5) is 12.1. The molecule has 0 N–H and O–H groups in total. The van der Waals surface area contributed by atoms with E-state index in [1.807, 2.05) is 24.3 Å². The molecule has 0 bridgehead atoms. The van der Waals surface area contributed by atoms with E-state index in [0.717, 1.165) is 54.7 Å². The molecule has 0 spiro atoms. The third-order valence-corrected chi connectivity index (χ3v) is 15.0. The monoisotopic (exact) mass is 858 g/mol. The van der Waals surface area contributed by atoms with Gasteiger partial charge in [-0.25, -0.2) is 34.4 Å². The van der Waals surface area contributed by atoms with Crippen LogP contribution in [0.25, 0.3) is 20.2 Å². The molecule has 58 heavy (non-hydrogen) atoms. The zero-order chi connectivity index (χ0) is 41.0. The molecular formula is C43H30F4N2O5S4. The van der Waals surface area contributed by atoms with Crippen LogP contribution in [0, 0.1) is 23.3 Å². The Hall–Kier alpha value is -5.87. The number of carbonyl (C=O) groups is 1. The summed E-state index contributed by atoms with van der Waals surface area (Å²) in [6.07, 6.45) is 0.618. The fourth-order valence-corrected chi connectivity index (χ4v) is 11.7. The van der Waals surface area contributed by atoms with Gasteiger partial charge in [-0.3, -0.25) is 13.4 Å². The van der Waals surface area contributed by atoms with Crippen molar-refractivity contribution in [2.45, 2.75) is 22.9 Å². The normalized spacial score (nSPS) is 11.6. The lowest BCUT2D eigenvalue weighted by Gasteiger charge is -2.24. The molecule has 0 aliphatic rings. The van der Waals surface area contributed by atoms with E-state index < -0.39 is 43.3 Å². The number of anilines is 2. The summed E-state index contributed by atoms with van der Waals surface area (Å²) in [5.41, 5.74) is 0.844. The van der Waals surface area contributed by atoms with Crippen molar-refractivity contribution in [3.8, 4) is 0 Å². The Balaban J connectivity index is 0.000000177. The van der Waals surface area contributed by atoms with Crippen LogP contribution < -0.4 is 8.61 Å². The molecule has 0 amide bonds. The van der Waals surface area contributed by atoms with Crippen LogP contribution in [0.4, 0.5) is 27.6 Å². The first-order valence-corrected chi connectivity index (χ1v) is 21.9. The van der Waals surface area contributed by atoms with E-state index in [2.05, 4.69) is 0 Å². The van der Waals surface area contributed by atoms with E-state index in [9.17, 15) is 39.2 Å².